The molecule has 4 aliphatic rings. The first-order valence-corrected chi connectivity index (χ1v) is 15.1. The van der Waals surface area contributed by atoms with Crippen LogP contribution in [0.25, 0.3) is 0 Å². The molecule has 3 saturated carbocycles. The van der Waals surface area contributed by atoms with Crippen LogP contribution >= 0.6 is 0 Å². The topological polar surface area (TPSA) is 114 Å². The minimum Gasteiger partial charge on any atom is -0.467 e. The van der Waals surface area contributed by atoms with Gasteiger partial charge in [-0.1, -0.05) is 54.9 Å². The Morgan fingerprint density at radius 1 is 1.05 bits per heavy atom. The predicted octanol–water partition coefficient (Wildman–Crippen LogP) is 4.54. The molecule has 2 N–H and O–H groups in total. The molecule has 1 aromatic carbocycles. The number of esters is 1. The van der Waals surface area contributed by atoms with Gasteiger partial charge in [-0.2, -0.15) is 0 Å². The summed E-state index contributed by atoms with van der Waals surface area (Å²) in [5, 5.41) is 18.4. The predicted molar refractivity (Wildman–Crippen MR) is 155 cm³/mol. The van der Waals surface area contributed by atoms with E-state index in [0.717, 1.165) is 56.2 Å². The maximum absolute atomic E-state index is 12.6. The van der Waals surface area contributed by atoms with Crippen LogP contribution in [0.3, 0.4) is 0 Å². The van der Waals surface area contributed by atoms with Crippen molar-refractivity contribution in [1.29, 1.82) is 0 Å². The molecular weight excluding hydrogens is 520 g/mol. The van der Waals surface area contributed by atoms with Crippen molar-refractivity contribution in [3.63, 3.8) is 0 Å². The van der Waals surface area contributed by atoms with E-state index in [-0.39, 0.29) is 23.2 Å². The Balaban J connectivity index is 1.20. The first kappa shape index (κ1) is 29.5. The molecule has 8 nitrogen and oxygen atoms in total. The molecule has 8 heteroatoms. The van der Waals surface area contributed by atoms with Crippen LogP contribution in [0.4, 0.5) is 0 Å². The van der Waals surface area contributed by atoms with Crippen LogP contribution in [0.2, 0.25) is 0 Å². The van der Waals surface area contributed by atoms with E-state index in [1.54, 1.807) is 6.92 Å². The molecular formula is C33H44N2O6. The molecule has 41 heavy (non-hydrogen) atoms. The standard InChI is InChI=1S/C33H44N2O6/c1-21(36)33(39)17-14-27-25-11-10-23-19-24(12-15-31(23,2)26(25)13-16-32(27,33)3)35-41-20-29(37)34-28(30(38)40-4)18-22-8-6-5-7-9-22/h5-9,19,25-28,39H,10-18,20H2,1-4H3,(H,34,37)/b35-24+. The number of benzene rings is 1. The molecule has 0 aliphatic heterocycles. The van der Waals surface area contributed by atoms with Crippen molar-refractivity contribution in [2.75, 3.05) is 13.7 Å². The molecule has 7 atom stereocenters. The summed E-state index contributed by atoms with van der Waals surface area (Å²) in [5.41, 5.74) is 1.71. The number of hydrogen-bond donors (Lipinski definition) is 2. The first-order chi connectivity index (χ1) is 19.5. The number of allylic oxidation sites excluding steroid dienone is 2. The number of aliphatic hydroxyl groups is 1. The Hall–Kier alpha value is -3.00. The molecule has 222 valence electrons. The summed E-state index contributed by atoms with van der Waals surface area (Å²) in [5.74, 6) is 0.409. The van der Waals surface area contributed by atoms with Crippen molar-refractivity contribution in [3.8, 4) is 0 Å². The number of carbonyl (C=O) groups is 3. The number of fused-ring (bicyclic) bond motifs is 5. The van der Waals surface area contributed by atoms with Crippen LogP contribution in [0.15, 0.2) is 47.1 Å². The number of methoxy groups -OCH3 is 1. The number of rotatable bonds is 8. The Labute approximate surface area is 242 Å². The largest absolute Gasteiger partial charge is 0.467 e. The zero-order valence-corrected chi connectivity index (χ0v) is 24.8. The van der Waals surface area contributed by atoms with Gasteiger partial charge in [0.25, 0.3) is 5.91 Å². The lowest BCUT2D eigenvalue weighted by Crippen LogP contribution is -2.57. The SMILES string of the molecule is COC(=O)C(Cc1ccccc1)NC(=O)CO/N=C1/C=C2CCC3C(CCC4(C)C3CCC4(O)C(C)=O)C2(C)CC1. The normalized spacial score (nSPS) is 35.8. The second kappa shape index (κ2) is 11.3. The number of hydrogen-bond acceptors (Lipinski definition) is 7. The fourth-order valence-corrected chi connectivity index (χ4v) is 8.83. The van der Waals surface area contributed by atoms with Crippen LogP contribution in [0.1, 0.15) is 77.7 Å². The Morgan fingerprint density at radius 3 is 2.49 bits per heavy atom. The second-order valence-electron chi connectivity index (χ2n) is 13.1. The minimum atomic E-state index is -1.19. The van der Waals surface area contributed by atoms with Gasteiger partial charge in [-0.15, -0.1) is 0 Å². The number of ketones is 1. The highest BCUT2D eigenvalue weighted by Gasteiger charge is 2.65. The number of oxime groups is 1. The van der Waals surface area contributed by atoms with Gasteiger partial charge in [0.1, 0.15) is 11.6 Å². The first-order valence-electron chi connectivity index (χ1n) is 15.1. The van der Waals surface area contributed by atoms with Crippen molar-refractivity contribution < 1.29 is 29.1 Å². The van der Waals surface area contributed by atoms with E-state index in [4.69, 9.17) is 9.57 Å². The smallest absolute Gasteiger partial charge is 0.328 e. The summed E-state index contributed by atoms with van der Waals surface area (Å²) < 4.78 is 4.87. The van der Waals surface area contributed by atoms with Gasteiger partial charge >= 0.3 is 5.97 Å². The summed E-state index contributed by atoms with van der Waals surface area (Å²) >= 11 is 0. The molecule has 1 amide bonds. The van der Waals surface area contributed by atoms with E-state index in [9.17, 15) is 19.5 Å². The number of Topliss-reactive ketones (excluding diaryl/α,β-unsaturated/α-hetero) is 1. The summed E-state index contributed by atoms with van der Waals surface area (Å²) in [6.45, 7) is 5.81. The third kappa shape index (κ3) is 5.24. The highest BCUT2D eigenvalue weighted by atomic mass is 16.6. The third-order valence-electron chi connectivity index (χ3n) is 11.2. The van der Waals surface area contributed by atoms with Crippen molar-refractivity contribution in [2.24, 2.45) is 33.7 Å². The van der Waals surface area contributed by atoms with E-state index in [2.05, 4.69) is 30.4 Å². The zero-order valence-electron chi connectivity index (χ0n) is 24.8. The van der Waals surface area contributed by atoms with Gasteiger partial charge in [-0.05, 0) is 93.1 Å². The third-order valence-corrected chi connectivity index (χ3v) is 11.2. The molecule has 0 aromatic heterocycles. The van der Waals surface area contributed by atoms with E-state index in [0.29, 0.717) is 30.6 Å². The van der Waals surface area contributed by atoms with Gasteiger partial charge < -0.3 is 20.0 Å². The summed E-state index contributed by atoms with van der Waals surface area (Å²) in [6.07, 6.45) is 9.68. The Morgan fingerprint density at radius 2 is 1.78 bits per heavy atom. The summed E-state index contributed by atoms with van der Waals surface area (Å²) in [4.78, 5) is 42.8. The molecule has 0 spiro atoms. The number of amides is 1. The van der Waals surface area contributed by atoms with Crippen LogP contribution in [0, 0.1) is 28.6 Å². The average Bonchev–Trinajstić information content (AvgIpc) is 3.24. The van der Waals surface area contributed by atoms with Gasteiger partial charge in [0.15, 0.2) is 12.4 Å². The molecule has 4 aliphatic carbocycles. The summed E-state index contributed by atoms with van der Waals surface area (Å²) in [7, 11) is 1.30. The molecule has 0 bridgehead atoms. The molecule has 0 radical (unpaired) electrons. The highest BCUT2D eigenvalue weighted by molar-refractivity contribution is 5.96. The molecule has 1 aromatic rings. The maximum Gasteiger partial charge on any atom is 0.328 e. The van der Waals surface area contributed by atoms with E-state index < -0.39 is 23.5 Å². The number of nitrogens with one attached hydrogen (secondary N) is 1. The second-order valence-corrected chi connectivity index (χ2v) is 13.1. The van der Waals surface area contributed by atoms with Gasteiger partial charge in [-0.3, -0.25) is 9.59 Å². The zero-order chi connectivity index (χ0) is 29.4. The molecule has 0 heterocycles. The van der Waals surface area contributed by atoms with E-state index >= 15 is 0 Å². The highest BCUT2D eigenvalue weighted by Crippen LogP contribution is 2.67. The lowest BCUT2D eigenvalue weighted by atomic mass is 9.46. The van der Waals surface area contributed by atoms with E-state index in [1.165, 1.54) is 12.7 Å². The molecule has 3 fully saturated rings. The average molecular weight is 565 g/mol. The minimum absolute atomic E-state index is 0.0722. The monoisotopic (exact) mass is 564 g/mol. The van der Waals surface area contributed by atoms with Crippen molar-refractivity contribution in [1.82, 2.24) is 5.32 Å². The summed E-state index contributed by atoms with van der Waals surface area (Å²) in [6, 6.07) is 8.65. The van der Waals surface area contributed by atoms with Gasteiger partial charge in [0.2, 0.25) is 0 Å². The van der Waals surface area contributed by atoms with Crippen LogP contribution in [-0.4, -0.2) is 53.8 Å². The number of nitrogens with zero attached hydrogens (tertiary/aromatic N) is 1. The quantitative estimate of drug-likeness (QED) is 0.354. The van der Waals surface area contributed by atoms with E-state index in [1.807, 2.05) is 30.3 Å². The van der Waals surface area contributed by atoms with Crippen molar-refractivity contribution >= 4 is 23.4 Å². The maximum atomic E-state index is 12.6. The van der Waals surface area contributed by atoms with Crippen LogP contribution < -0.4 is 5.32 Å². The van der Waals surface area contributed by atoms with Crippen molar-refractivity contribution in [2.45, 2.75) is 90.2 Å². The molecule has 0 saturated heterocycles. The van der Waals surface area contributed by atoms with Crippen LogP contribution in [-0.2, 0) is 30.4 Å². The fourth-order valence-electron chi connectivity index (χ4n) is 8.83. The number of carbonyl (C=O) groups excluding carboxylic acids is 3. The van der Waals surface area contributed by atoms with Gasteiger partial charge in [0, 0.05) is 11.8 Å². The lowest BCUT2D eigenvalue weighted by molar-refractivity contribution is -0.159. The Bertz CT molecular complexity index is 1240. The fraction of sp³-hybridized carbons (Fsp3) is 0.636. The lowest BCUT2D eigenvalue weighted by Gasteiger charge is -2.59. The van der Waals surface area contributed by atoms with Gasteiger partial charge in [0.05, 0.1) is 12.8 Å². The van der Waals surface area contributed by atoms with Crippen LogP contribution in [0.5, 0.6) is 0 Å². The van der Waals surface area contributed by atoms with Gasteiger partial charge in [-0.25, -0.2) is 4.79 Å². The Kier molecular flexibility index (Phi) is 8.16. The van der Waals surface area contributed by atoms with Crippen molar-refractivity contribution in [3.05, 3.63) is 47.5 Å². The molecule has 5 rings (SSSR count). The molecule has 7 unspecified atom stereocenters. The number of ether oxygens (including phenoxy) is 1.